The second-order valence-corrected chi connectivity index (χ2v) is 5.25. The van der Waals surface area contributed by atoms with Crippen molar-refractivity contribution in [2.45, 2.75) is 44.7 Å². The molecule has 94 valence electrons. The molecule has 1 fully saturated rings. The molecule has 0 amide bonds. The van der Waals surface area contributed by atoms with E-state index in [-0.39, 0.29) is 0 Å². The van der Waals surface area contributed by atoms with Gasteiger partial charge in [-0.2, -0.15) is 0 Å². The van der Waals surface area contributed by atoms with E-state index in [1.807, 2.05) is 0 Å². The van der Waals surface area contributed by atoms with E-state index in [1.54, 1.807) is 0 Å². The maximum atomic E-state index is 5.94. The summed E-state index contributed by atoms with van der Waals surface area (Å²) in [6.45, 7) is 4.70. The van der Waals surface area contributed by atoms with Crippen molar-refractivity contribution in [2.24, 2.45) is 5.73 Å². The average Bonchev–Trinajstić information content (AvgIpc) is 2.38. The van der Waals surface area contributed by atoms with Crippen molar-refractivity contribution in [1.82, 2.24) is 4.90 Å². The number of hydrogen-bond donors (Lipinski definition) is 1. The molecule has 1 saturated heterocycles. The van der Waals surface area contributed by atoms with E-state index in [1.165, 1.54) is 31.5 Å². The van der Waals surface area contributed by atoms with E-state index < -0.39 is 0 Å². The fraction of sp³-hybridized carbons (Fsp3) is 0.600. The van der Waals surface area contributed by atoms with Crippen molar-refractivity contribution in [3.05, 3.63) is 35.9 Å². The quantitative estimate of drug-likeness (QED) is 0.864. The van der Waals surface area contributed by atoms with Gasteiger partial charge in [0.25, 0.3) is 0 Å². The lowest BCUT2D eigenvalue weighted by Crippen LogP contribution is -2.44. The zero-order valence-corrected chi connectivity index (χ0v) is 10.8. The molecule has 0 spiro atoms. The predicted octanol–water partition coefficient (Wildman–Crippen LogP) is 2.43. The first kappa shape index (κ1) is 12.6. The highest BCUT2D eigenvalue weighted by atomic mass is 15.2. The first-order valence-corrected chi connectivity index (χ1v) is 6.79. The number of nitrogens with zero attached hydrogens (tertiary/aromatic N) is 1. The number of benzene rings is 1. The van der Waals surface area contributed by atoms with Crippen LogP contribution < -0.4 is 5.73 Å². The van der Waals surface area contributed by atoms with Crippen LogP contribution in [0.5, 0.6) is 0 Å². The van der Waals surface area contributed by atoms with Gasteiger partial charge in [0.2, 0.25) is 0 Å². The zero-order chi connectivity index (χ0) is 12.1. The Bertz CT molecular complexity index is 315. The largest absolute Gasteiger partial charge is 0.328 e. The molecule has 0 aromatic heterocycles. The van der Waals surface area contributed by atoms with Crippen LogP contribution in [0.3, 0.4) is 0 Å². The number of nitrogens with two attached hydrogens (primary N) is 1. The molecule has 0 radical (unpaired) electrons. The lowest BCUT2D eigenvalue weighted by molar-refractivity contribution is 0.156. The van der Waals surface area contributed by atoms with Crippen LogP contribution in [0.25, 0.3) is 0 Å². The van der Waals surface area contributed by atoms with Gasteiger partial charge in [0, 0.05) is 12.1 Å². The standard InChI is InChI=1S/C15H24N2/c1-13(17-11-9-15(16)10-12-17)7-8-14-5-3-2-4-6-14/h2-6,13,15H,7-12,16H2,1H3. The van der Waals surface area contributed by atoms with Gasteiger partial charge in [0.1, 0.15) is 0 Å². The number of hydrogen-bond acceptors (Lipinski definition) is 2. The van der Waals surface area contributed by atoms with E-state index in [9.17, 15) is 0 Å². The smallest absolute Gasteiger partial charge is 0.00701 e. The summed E-state index contributed by atoms with van der Waals surface area (Å²) >= 11 is 0. The molecule has 2 heteroatoms. The monoisotopic (exact) mass is 232 g/mol. The molecule has 0 aliphatic carbocycles. The van der Waals surface area contributed by atoms with Crippen molar-refractivity contribution >= 4 is 0 Å². The molecule has 0 bridgehead atoms. The normalized spacial score (nSPS) is 20.4. The van der Waals surface area contributed by atoms with Gasteiger partial charge in [-0.05, 0) is 51.3 Å². The lowest BCUT2D eigenvalue weighted by Gasteiger charge is -2.34. The van der Waals surface area contributed by atoms with E-state index in [4.69, 9.17) is 5.73 Å². The molecule has 0 saturated carbocycles. The number of piperidine rings is 1. The molecule has 2 N–H and O–H groups in total. The maximum absolute atomic E-state index is 5.94. The molecular formula is C15H24N2. The summed E-state index contributed by atoms with van der Waals surface area (Å²) in [6, 6.07) is 11.9. The van der Waals surface area contributed by atoms with Crippen LogP contribution in [0, 0.1) is 0 Å². The molecule has 1 aromatic rings. The Morgan fingerprint density at radius 1 is 1.24 bits per heavy atom. The summed E-state index contributed by atoms with van der Waals surface area (Å²) in [7, 11) is 0. The zero-order valence-electron chi connectivity index (χ0n) is 10.8. The molecule has 2 nitrogen and oxygen atoms in total. The Morgan fingerprint density at radius 2 is 1.88 bits per heavy atom. The fourth-order valence-corrected chi connectivity index (χ4v) is 2.56. The minimum atomic E-state index is 0.438. The molecule has 1 aliphatic heterocycles. The lowest BCUT2D eigenvalue weighted by atomic mass is 10.0. The number of likely N-dealkylation sites (tertiary alicyclic amines) is 1. The van der Waals surface area contributed by atoms with Gasteiger partial charge in [-0.15, -0.1) is 0 Å². The minimum Gasteiger partial charge on any atom is -0.328 e. The summed E-state index contributed by atoms with van der Waals surface area (Å²) in [6.07, 6.45) is 4.76. The first-order chi connectivity index (χ1) is 8.25. The van der Waals surface area contributed by atoms with Crippen LogP contribution in [0.2, 0.25) is 0 Å². The Kier molecular flexibility index (Phi) is 4.57. The summed E-state index contributed by atoms with van der Waals surface area (Å²) in [5.74, 6) is 0. The topological polar surface area (TPSA) is 29.3 Å². The second-order valence-electron chi connectivity index (χ2n) is 5.25. The van der Waals surface area contributed by atoms with Crippen molar-refractivity contribution in [1.29, 1.82) is 0 Å². The first-order valence-electron chi connectivity index (χ1n) is 6.79. The molecule has 1 heterocycles. The highest BCUT2D eigenvalue weighted by Crippen LogP contribution is 2.15. The van der Waals surface area contributed by atoms with E-state index >= 15 is 0 Å². The Morgan fingerprint density at radius 3 is 2.53 bits per heavy atom. The van der Waals surface area contributed by atoms with Crippen molar-refractivity contribution in [3.63, 3.8) is 0 Å². The van der Waals surface area contributed by atoms with Gasteiger partial charge in [-0.1, -0.05) is 30.3 Å². The van der Waals surface area contributed by atoms with Crippen molar-refractivity contribution in [3.8, 4) is 0 Å². The van der Waals surface area contributed by atoms with Gasteiger partial charge in [-0.25, -0.2) is 0 Å². The van der Waals surface area contributed by atoms with Crippen LogP contribution in [0.1, 0.15) is 31.7 Å². The van der Waals surface area contributed by atoms with Crippen LogP contribution >= 0.6 is 0 Å². The highest BCUT2D eigenvalue weighted by Gasteiger charge is 2.19. The Labute approximate surface area is 105 Å². The maximum Gasteiger partial charge on any atom is 0.00701 e. The third kappa shape index (κ3) is 3.83. The SMILES string of the molecule is CC(CCc1ccccc1)N1CCC(N)CC1. The van der Waals surface area contributed by atoms with Gasteiger partial charge in [-0.3, -0.25) is 0 Å². The number of aryl methyl sites for hydroxylation is 1. The molecule has 17 heavy (non-hydrogen) atoms. The third-order valence-electron chi connectivity index (χ3n) is 3.89. The van der Waals surface area contributed by atoms with Gasteiger partial charge < -0.3 is 10.6 Å². The summed E-state index contributed by atoms with van der Waals surface area (Å²) in [5, 5.41) is 0. The van der Waals surface area contributed by atoms with Crippen molar-refractivity contribution in [2.75, 3.05) is 13.1 Å². The van der Waals surface area contributed by atoms with Crippen LogP contribution in [0.15, 0.2) is 30.3 Å². The summed E-state index contributed by atoms with van der Waals surface area (Å²) in [5.41, 5.74) is 7.39. The van der Waals surface area contributed by atoms with Gasteiger partial charge >= 0.3 is 0 Å². The van der Waals surface area contributed by atoms with E-state index in [0.717, 1.165) is 12.8 Å². The summed E-state index contributed by atoms with van der Waals surface area (Å²) in [4.78, 5) is 2.59. The average molecular weight is 232 g/mol. The molecule has 1 aromatic carbocycles. The van der Waals surface area contributed by atoms with E-state index in [2.05, 4.69) is 42.2 Å². The van der Waals surface area contributed by atoms with E-state index in [0.29, 0.717) is 12.1 Å². The molecule has 2 rings (SSSR count). The third-order valence-corrected chi connectivity index (χ3v) is 3.89. The van der Waals surface area contributed by atoms with Crippen molar-refractivity contribution < 1.29 is 0 Å². The summed E-state index contributed by atoms with van der Waals surface area (Å²) < 4.78 is 0. The molecular weight excluding hydrogens is 208 g/mol. The highest BCUT2D eigenvalue weighted by molar-refractivity contribution is 5.14. The van der Waals surface area contributed by atoms with Crippen LogP contribution in [0.4, 0.5) is 0 Å². The second kappa shape index (κ2) is 6.18. The van der Waals surface area contributed by atoms with Crippen LogP contribution in [-0.4, -0.2) is 30.1 Å². The molecule has 1 atom stereocenters. The molecule has 1 aliphatic rings. The predicted molar refractivity (Wildman–Crippen MR) is 73.0 cm³/mol. The van der Waals surface area contributed by atoms with Crippen LogP contribution in [-0.2, 0) is 6.42 Å². The van der Waals surface area contributed by atoms with Gasteiger partial charge in [0.15, 0.2) is 0 Å². The Balaban J connectivity index is 1.75. The molecule has 1 unspecified atom stereocenters. The fourth-order valence-electron chi connectivity index (χ4n) is 2.56. The minimum absolute atomic E-state index is 0.438. The Hall–Kier alpha value is -0.860. The van der Waals surface area contributed by atoms with Gasteiger partial charge in [0.05, 0.1) is 0 Å². The number of rotatable bonds is 4.